The molecule has 2 aliphatic rings. The summed E-state index contributed by atoms with van der Waals surface area (Å²) in [6, 6.07) is -0.310. The minimum atomic E-state index is -0.829. The summed E-state index contributed by atoms with van der Waals surface area (Å²) in [6.45, 7) is 4.51. The Morgan fingerprint density at radius 3 is 2.73 bits per heavy atom. The van der Waals surface area contributed by atoms with Gasteiger partial charge in [0.15, 0.2) is 5.96 Å². The molecule has 1 unspecified atom stereocenters. The quantitative estimate of drug-likeness (QED) is 0.518. The molecule has 7 heteroatoms. The average molecular weight is 311 g/mol. The van der Waals surface area contributed by atoms with E-state index in [2.05, 4.69) is 0 Å². The van der Waals surface area contributed by atoms with E-state index in [1.807, 2.05) is 24.8 Å². The van der Waals surface area contributed by atoms with Gasteiger partial charge in [-0.05, 0) is 26.7 Å². The number of rotatable bonds is 6. The van der Waals surface area contributed by atoms with Crippen LogP contribution in [0, 0.1) is 11.3 Å². The van der Waals surface area contributed by atoms with Crippen LogP contribution in [-0.4, -0.2) is 74.9 Å². The Labute approximate surface area is 130 Å². The Balaban J connectivity index is 2.16. The molecule has 7 nitrogen and oxygen atoms in total. The first kappa shape index (κ1) is 16.8. The van der Waals surface area contributed by atoms with Crippen LogP contribution < -0.4 is 0 Å². The number of hydrogen-bond acceptors (Lipinski definition) is 4. The van der Waals surface area contributed by atoms with Crippen LogP contribution in [0.5, 0.6) is 0 Å². The largest absolute Gasteiger partial charge is 0.481 e. The number of nitrogens with zero attached hydrogens (tertiary/aromatic N) is 2. The zero-order valence-electron chi connectivity index (χ0n) is 13.1. The smallest absolute Gasteiger partial charge is 0.308 e. The first-order valence-corrected chi connectivity index (χ1v) is 7.63. The van der Waals surface area contributed by atoms with Crippen molar-refractivity contribution in [3.8, 4) is 0 Å². The maximum atomic E-state index is 11.5. The first-order valence-electron chi connectivity index (χ1n) is 7.63. The Bertz CT molecular complexity index is 475. The molecular formula is C15H25N3O4. The van der Waals surface area contributed by atoms with E-state index in [9.17, 15) is 15.0 Å². The van der Waals surface area contributed by atoms with E-state index in [4.69, 9.17) is 10.5 Å². The molecule has 4 N–H and O–H groups in total. The van der Waals surface area contributed by atoms with Crippen molar-refractivity contribution in [2.24, 2.45) is 5.92 Å². The maximum absolute atomic E-state index is 11.5. The zero-order valence-corrected chi connectivity index (χ0v) is 13.1. The van der Waals surface area contributed by atoms with Gasteiger partial charge in [-0.15, -0.1) is 0 Å². The Hall–Kier alpha value is -1.60. The predicted octanol–water partition coefficient (Wildman–Crippen LogP) is 0.0900. The summed E-state index contributed by atoms with van der Waals surface area (Å²) in [5, 5.41) is 36.5. The van der Waals surface area contributed by atoms with Gasteiger partial charge in [0.05, 0.1) is 24.1 Å². The summed E-state index contributed by atoms with van der Waals surface area (Å²) in [7, 11) is 0. The Morgan fingerprint density at radius 1 is 1.50 bits per heavy atom. The van der Waals surface area contributed by atoms with Gasteiger partial charge >= 0.3 is 5.97 Å². The molecule has 2 heterocycles. The van der Waals surface area contributed by atoms with Crippen LogP contribution in [0.1, 0.15) is 26.7 Å². The third kappa shape index (κ3) is 3.25. The van der Waals surface area contributed by atoms with Gasteiger partial charge in [-0.2, -0.15) is 0 Å². The van der Waals surface area contributed by atoms with Crippen molar-refractivity contribution in [2.45, 2.75) is 44.9 Å². The fourth-order valence-electron chi connectivity index (χ4n) is 3.43. The lowest BCUT2D eigenvalue weighted by molar-refractivity contribution is -0.142. The normalized spacial score (nSPS) is 28.7. The first-order chi connectivity index (χ1) is 10.3. The number of carboxylic acids is 1. The van der Waals surface area contributed by atoms with E-state index in [0.717, 1.165) is 5.57 Å². The van der Waals surface area contributed by atoms with Crippen LogP contribution in [0.25, 0.3) is 0 Å². The highest BCUT2D eigenvalue weighted by atomic mass is 16.4. The number of aliphatic hydroxyl groups excluding tert-OH is 2. The van der Waals surface area contributed by atoms with Crippen LogP contribution in [-0.2, 0) is 4.79 Å². The second-order valence-corrected chi connectivity index (χ2v) is 6.36. The van der Waals surface area contributed by atoms with E-state index in [-0.39, 0.29) is 37.6 Å². The highest BCUT2D eigenvalue weighted by molar-refractivity contribution is 5.83. The summed E-state index contributed by atoms with van der Waals surface area (Å²) in [5.74, 6) is -1.06. The van der Waals surface area contributed by atoms with Gasteiger partial charge in [-0.1, -0.05) is 11.6 Å². The summed E-state index contributed by atoms with van der Waals surface area (Å²) < 4.78 is 0. The lowest BCUT2D eigenvalue weighted by Crippen LogP contribution is -2.40. The predicted molar refractivity (Wildman–Crippen MR) is 81.6 cm³/mol. The van der Waals surface area contributed by atoms with E-state index in [1.54, 1.807) is 4.90 Å². The second kappa shape index (κ2) is 6.66. The van der Waals surface area contributed by atoms with Crippen LogP contribution in [0.15, 0.2) is 11.6 Å². The van der Waals surface area contributed by atoms with Crippen molar-refractivity contribution in [3.63, 3.8) is 0 Å². The van der Waals surface area contributed by atoms with Crippen molar-refractivity contribution in [1.82, 2.24) is 9.80 Å². The number of carboxylic acid groups (broad SMARTS) is 1. The number of aliphatic carboxylic acids is 1. The number of nitrogens with one attached hydrogen (secondary N) is 1. The molecule has 0 radical (unpaired) electrons. The van der Waals surface area contributed by atoms with Gasteiger partial charge < -0.3 is 25.1 Å². The van der Waals surface area contributed by atoms with E-state index in [1.165, 1.54) is 0 Å². The van der Waals surface area contributed by atoms with Crippen molar-refractivity contribution in [1.29, 1.82) is 5.41 Å². The fraction of sp³-hybridized carbons (Fsp3) is 0.733. The molecule has 0 aliphatic carbocycles. The topological polar surface area (TPSA) is 108 Å². The molecule has 0 amide bonds. The third-order valence-electron chi connectivity index (χ3n) is 4.36. The lowest BCUT2D eigenvalue weighted by Gasteiger charge is -2.26. The molecule has 2 rings (SSSR count). The number of fused-ring (bicyclic) bond motifs is 1. The lowest BCUT2D eigenvalue weighted by atomic mass is 9.98. The molecule has 22 heavy (non-hydrogen) atoms. The standard InChI is InChI=1S/C15H25N3O4/c1-9(2)5-10-6-12(14(21)22)13-8-17(15(16)18(10)13)7-11(20)3-4-19/h5,10-13,16,19-20H,3-4,6-8H2,1-2H3,(H,21,22)/t10-,11?,12-,13+/m1/s1. The maximum Gasteiger partial charge on any atom is 0.308 e. The molecule has 0 aromatic carbocycles. The van der Waals surface area contributed by atoms with E-state index in [0.29, 0.717) is 13.0 Å². The highest BCUT2D eigenvalue weighted by Gasteiger charge is 2.51. The molecule has 2 aliphatic heterocycles. The van der Waals surface area contributed by atoms with Gasteiger partial charge in [0.2, 0.25) is 0 Å². The molecule has 0 saturated carbocycles. The zero-order chi connectivity index (χ0) is 16.4. The minimum Gasteiger partial charge on any atom is -0.481 e. The second-order valence-electron chi connectivity index (χ2n) is 6.36. The number of allylic oxidation sites excluding steroid dienone is 1. The molecule has 0 bridgehead atoms. The molecule has 124 valence electrons. The van der Waals surface area contributed by atoms with Gasteiger partial charge in [0, 0.05) is 19.7 Å². The molecule has 0 aromatic rings. The molecular weight excluding hydrogens is 286 g/mol. The van der Waals surface area contributed by atoms with Crippen molar-refractivity contribution in [3.05, 3.63) is 11.6 Å². The van der Waals surface area contributed by atoms with Crippen molar-refractivity contribution in [2.75, 3.05) is 19.7 Å². The van der Waals surface area contributed by atoms with E-state index < -0.39 is 18.0 Å². The molecule has 4 atom stereocenters. The summed E-state index contributed by atoms with van der Waals surface area (Å²) in [6.07, 6.45) is 2.07. The van der Waals surface area contributed by atoms with E-state index >= 15 is 0 Å². The van der Waals surface area contributed by atoms with Gasteiger partial charge in [0.1, 0.15) is 0 Å². The number of guanidine groups is 1. The molecule has 2 saturated heterocycles. The fourth-order valence-corrected chi connectivity index (χ4v) is 3.43. The molecule has 2 fully saturated rings. The Morgan fingerprint density at radius 2 is 2.18 bits per heavy atom. The van der Waals surface area contributed by atoms with Crippen LogP contribution in [0.2, 0.25) is 0 Å². The monoisotopic (exact) mass is 311 g/mol. The summed E-state index contributed by atoms with van der Waals surface area (Å²) in [5.41, 5.74) is 1.10. The SMILES string of the molecule is CC(C)=C[C@@H]1C[C@@H](C(=O)O)[C@@H]2CN(CC(O)CCO)C(=N)N12. The third-order valence-corrected chi connectivity index (χ3v) is 4.36. The average Bonchev–Trinajstić information content (AvgIpc) is 2.89. The van der Waals surface area contributed by atoms with Crippen molar-refractivity contribution < 1.29 is 20.1 Å². The number of aliphatic hydroxyl groups is 2. The number of β-amino-alcohol motifs (C(OH)–C–C–N with tert-alkyl or cyclic N) is 1. The van der Waals surface area contributed by atoms with Gasteiger partial charge in [0.25, 0.3) is 0 Å². The van der Waals surface area contributed by atoms with Gasteiger partial charge in [-0.3, -0.25) is 10.2 Å². The Kier molecular flexibility index (Phi) is 5.08. The minimum absolute atomic E-state index is 0.0800. The van der Waals surface area contributed by atoms with Crippen LogP contribution in [0.3, 0.4) is 0 Å². The highest BCUT2D eigenvalue weighted by Crippen LogP contribution is 2.36. The summed E-state index contributed by atoms with van der Waals surface area (Å²) >= 11 is 0. The number of carbonyl (C=O) groups is 1. The molecule has 0 aromatic heterocycles. The number of hydrogen-bond donors (Lipinski definition) is 4. The van der Waals surface area contributed by atoms with Gasteiger partial charge in [-0.25, -0.2) is 0 Å². The van der Waals surface area contributed by atoms with Crippen LogP contribution >= 0.6 is 0 Å². The summed E-state index contributed by atoms with van der Waals surface area (Å²) in [4.78, 5) is 15.1. The molecule has 0 spiro atoms. The van der Waals surface area contributed by atoms with Crippen LogP contribution in [0.4, 0.5) is 0 Å². The van der Waals surface area contributed by atoms with Crippen molar-refractivity contribution >= 4 is 11.9 Å².